The van der Waals surface area contributed by atoms with Crippen molar-refractivity contribution in [1.82, 2.24) is 10.1 Å². The van der Waals surface area contributed by atoms with E-state index in [1.165, 1.54) is 5.56 Å². The Kier molecular flexibility index (Phi) is 3.79. The van der Waals surface area contributed by atoms with Crippen molar-refractivity contribution in [3.63, 3.8) is 0 Å². The lowest BCUT2D eigenvalue weighted by Gasteiger charge is -2.04. The highest BCUT2D eigenvalue weighted by atomic mass is 16.5. The molecule has 106 valence electrons. The van der Waals surface area contributed by atoms with E-state index in [2.05, 4.69) is 22.3 Å². The van der Waals surface area contributed by atoms with Gasteiger partial charge in [0.15, 0.2) is 11.9 Å². The minimum absolute atomic E-state index is 0.225. The molecule has 4 heteroatoms. The highest BCUT2D eigenvalue weighted by Gasteiger charge is 2.17. The van der Waals surface area contributed by atoms with E-state index in [4.69, 9.17) is 4.52 Å². The zero-order valence-corrected chi connectivity index (χ0v) is 11.7. The summed E-state index contributed by atoms with van der Waals surface area (Å²) in [6.45, 7) is 2.05. The summed E-state index contributed by atoms with van der Waals surface area (Å²) in [5.74, 6) is 0.798. The summed E-state index contributed by atoms with van der Waals surface area (Å²) in [5, 5.41) is 14.1. The smallest absolute Gasteiger partial charge is 0.260 e. The molecule has 4 nitrogen and oxygen atoms in total. The fourth-order valence-corrected chi connectivity index (χ4v) is 2.12. The third-order valence-electron chi connectivity index (χ3n) is 3.32. The Morgan fingerprint density at radius 1 is 1.05 bits per heavy atom. The average Bonchev–Trinajstić information content (AvgIpc) is 2.98. The molecule has 0 amide bonds. The van der Waals surface area contributed by atoms with Gasteiger partial charge in [-0.25, -0.2) is 0 Å². The van der Waals surface area contributed by atoms with E-state index in [0.29, 0.717) is 12.2 Å². The Bertz CT molecular complexity index is 705. The Labute approximate surface area is 123 Å². The van der Waals surface area contributed by atoms with Gasteiger partial charge in [-0.05, 0) is 18.1 Å². The predicted molar refractivity (Wildman–Crippen MR) is 78.8 cm³/mol. The van der Waals surface area contributed by atoms with E-state index >= 15 is 0 Å². The summed E-state index contributed by atoms with van der Waals surface area (Å²) < 4.78 is 5.17. The second kappa shape index (κ2) is 5.89. The first-order chi connectivity index (χ1) is 10.2. The Hall–Kier alpha value is -2.46. The van der Waals surface area contributed by atoms with E-state index in [1.54, 1.807) is 0 Å². The van der Waals surface area contributed by atoms with Gasteiger partial charge in [-0.1, -0.05) is 65.3 Å². The summed E-state index contributed by atoms with van der Waals surface area (Å²) in [7, 11) is 0. The van der Waals surface area contributed by atoms with Gasteiger partial charge in [0, 0.05) is 6.42 Å². The van der Waals surface area contributed by atoms with Crippen molar-refractivity contribution in [1.29, 1.82) is 0 Å². The number of rotatable bonds is 4. The second-order valence-corrected chi connectivity index (χ2v) is 5.02. The monoisotopic (exact) mass is 280 g/mol. The van der Waals surface area contributed by atoms with Crippen LogP contribution in [-0.4, -0.2) is 15.2 Å². The molecule has 1 aromatic heterocycles. The summed E-state index contributed by atoms with van der Waals surface area (Å²) in [5.41, 5.74) is 3.07. The quantitative estimate of drug-likeness (QED) is 0.798. The third-order valence-corrected chi connectivity index (χ3v) is 3.32. The van der Waals surface area contributed by atoms with E-state index in [9.17, 15) is 5.11 Å². The van der Waals surface area contributed by atoms with Crippen molar-refractivity contribution in [3.05, 3.63) is 83.0 Å². The molecule has 0 bridgehead atoms. The van der Waals surface area contributed by atoms with Gasteiger partial charge in [-0.15, -0.1) is 0 Å². The lowest BCUT2D eigenvalue weighted by molar-refractivity contribution is 0.170. The summed E-state index contributed by atoms with van der Waals surface area (Å²) >= 11 is 0. The number of hydrogen-bond acceptors (Lipinski definition) is 4. The van der Waals surface area contributed by atoms with Crippen molar-refractivity contribution in [3.8, 4) is 0 Å². The molecule has 1 atom stereocenters. The van der Waals surface area contributed by atoms with Crippen molar-refractivity contribution < 1.29 is 9.63 Å². The molecule has 3 aromatic rings. The first-order valence-corrected chi connectivity index (χ1v) is 6.83. The van der Waals surface area contributed by atoms with Crippen LogP contribution in [0, 0.1) is 6.92 Å². The Balaban J connectivity index is 1.75. The number of hydrogen-bond donors (Lipinski definition) is 1. The topological polar surface area (TPSA) is 59.2 Å². The fraction of sp³-hybridized carbons (Fsp3) is 0.176. The zero-order valence-electron chi connectivity index (χ0n) is 11.7. The van der Waals surface area contributed by atoms with Crippen molar-refractivity contribution in [2.75, 3.05) is 0 Å². The normalized spacial score (nSPS) is 12.3. The number of benzene rings is 2. The second-order valence-electron chi connectivity index (χ2n) is 5.02. The highest BCUT2D eigenvalue weighted by molar-refractivity contribution is 5.24. The SMILES string of the molecule is Cc1ccc(Cc2noc(C(O)c3ccccc3)n2)cc1. The molecular weight excluding hydrogens is 264 g/mol. The van der Waals surface area contributed by atoms with Crippen LogP contribution in [0.1, 0.15) is 34.5 Å². The third kappa shape index (κ3) is 3.17. The van der Waals surface area contributed by atoms with Gasteiger partial charge in [-0.3, -0.25) is 0 Å². The molecule has 0 radical (unpaired) electrons. The molecule has 0 saturated heterocycles. The molecule has 2 aromatic carbocycles. The zero-order chi connectivity index (χ0) is 14.7. The molecule has 0 fully saturated rings. The summed E-state index contributed by atoms with van der Waals surface area (Å²) in [6, 6.07) is 17.5. The van der Waals surface area contributed by atoms with Crippen LogP contribution < -0.4 is 0 Å². The standard InChI is InChI=1S/C17H16N2O2/c1-12-7-9-13(10-8-12)11-15-18-17(21-19-15)16(20)14-5-3-2-4-6-14/h2-10,16,20H,11H2,1H3. The van der Waals surface area contributed by atoms with Crippen molar-refractivity contribution in [2.45, 2.75) is 19.4 Å². The van der Waals surface area contributed by atoms with Crippen LogP contribution in [0.4, 0.5) is 0 Å². The number of nitrogens with zero attached hydrogens (tertiary/aromatic N) is 2. The molecule has 0 spiro atoms. The predicted octanol–water partition coefficient (Wildman–Crippen LogP) is 3.05. The molecule has 21 heavy (non-hydrogen) atoms. The fourth-order valence-electron chi connectivity index (χ4n) is 2.12. The first kappa shape index (κ1) is 13.5. The van der Waals surface area contributed by atoms with Crippen LogP contribution in [0.25, 0.3) is 0 Å². The van der Waals surface area contributed by atoms with Crippen molar-refractivity contribution in [2.24, 2.45) is 0 Å². The minimum Gasteiger partial charge on any atom is -0.378 e. The molecule has 1 heterocycles. The van der Waals surface area contributed by atoms with E-state index in [1.807, 2.05) is 49.4 Å². The summed E-state index contributed by atoms with van der Waals surface area (Å²) in [6.07, 6.45) is -0.295. The van der Waals surface area contributed by atoms with Crippen LogP contribution in [0.3, 0.4) is 0 Å². The number of aryl methyl sites for hydroxylation is 1. The molecule has 0 aliphatic heterocycles. The molecule has 0 saturated carbocycles. The maximum atomic E-state index is 10.2. The van der Waals surface area contributed by atoms with Crippen LogP contribution in [0.2, 0.25) is 0 Å². The molecule has 3 rings (SSSR count). The van der Waals surface area contributed by atoms with Crippen LogP contribution in [-0.2, 0) is 6.42 Å². The van der Waals surface area contributed by atoms with Gasteiger partial charge in [0.25, 0.3) is 5.89 Å². The maximum absolute atomic E-state index is 10.2. The molecule has 0 aliphatic rings. The first-order valence-electron chi connectivity index (χ1n) is 6.83. The Morgan fingerprint density at radius 2 is 1.76 bits per heavy atom. The van der Waals surface area contributed by atoms with E-state index in [-0.39, 0.29) is 5.89 Å². The van der Waals surface area contributed by atoms with Gasteiger partial charge in [-0.2, -0.15) is 4.98 Å². The lowest BCUT2D eigenvalue weighted by Crippen LogP contribution is -2.00. The van der Waals surface area contributed by atoms with Crippen LogP contribution in [0.15, 0.2) is 59.1 Å². The van der Waals surface area contributed by atoms with Gasteiger partial charge in [0.2, 0.25) is 0 Å². The maximum Gasteiger partial charge on any atom is 0.260 e. The lowest BCUT2D eigenvalue weighted by atomic mass is 10.1. The van der Waals surface area contributed by atoms with E-state index < -0.39 is 6.10 Å². The summed E-state index contributed by atoms with van der Waals surface area (Å²) in [4.78, 5) is 4.28. The van der Waals surface area contributed by atoms with Gasteiger partial charge < -0.3 is 9.63 Å². The average molecular weight is 280 g/mol. The largest absolute Gasteiger partial charge is 0.378 e. The highest BCUT2D eigenvalue weighted by Crippen LogP contribution is 2.20. The number of aliphatic hydroxyl groups excluding tert-OH is 1. The number of aromatic nitrogens is 2. The minimum atomic E-state index is -0.884. The molecule has 1 unspecified atom stereocenters. The van der Waals surface area contributed by atoms with E-state index in [0.717, 1.165) is 11.1 Å². The van der Waals surface area contributed by atoms with Gasteiger partial charge >= 0.3 is 0 Å². The van der Waals surface area contributed by atoms with Crippen LogP contribution >= 0.6 is 0 Å². The molecule has 1 N–H and O–H groups in total. The number of aliphatic hydroxyl groups is 1. The van der Waals surface area contributed by atoms with Crippen molar-refractivity contribution >= 4 is 0 Å². The molecule has 0 aliphatic carbocycles. The van der Waals surface area contributed by atoms with Gasteiger partial charge in [0.05, 0.1) is 0 Å². The molecular formula is C17H16N2O2. The Morgan fingerprint density at radius 3 is 2.48 bits per heavy atom. The van der Waals surface area contributed by atoms with Crippen LogP contribution in [0.5, 0.6) is 0 Å². The van der Waals surface area contributed by atoms with Gasteiger partial charge in [0.1, 0.15) is 0 Å².